The van der Waals surface area contributed by atoms with Gasteiger partial charge in [0.15, 0.2) is 0 Å². The summed E-state index contributed by atoms with van der Waals surface area (Å²) >= 11 is 4.06. The average Bonchev–Trinajstić information content (AvgIpc) is 2.16. The van der Waals surface area contributed by atoms with Crippen LogP contribution in [-0.2, 0) is 0 Å². The summed E-state index contributed by atoms with van der Waals surface area (Å²) in [6.07, 6.45) is 0.879. The third-order valence-corrected chi connectivity index (χ3v) is 4.57. The van der Waals surface area contributed by atoms with E-state index in [1.807, 2.05) is 30.4 Å². The van der Waals surface area contributed by atoms with Crippen LogP contribution in [0.25, 0.3) is 0 Å². The van der Waals surface area contributed by atoms with Crippen LogP contribution in [0.2, 0.25) is 0 Å². The highest BCUT2D eigenvalue weighted by atomic mass is 32.2. The lowest BCUT2D eigenvalue weighted by Crippen LogP contribution is -2.20. The summed E-state index contributed by atoms with van der Waals surface area (Å²) in [5, 5.41) is 0.703. The van der Waals surface area contributed by atoms with Crippen LogP contribution < -0.4 is 5.73 Å². The Kier molecular flexibility index (Phi) is 4.92. The minimum Gasteiger partial charge on any atom is -0.387 e. The summed E-state index contributed by atoms with van der Waals surface area (Å²) < 4.78 is 0. The van der Waals surface area contributed by atoms with Gasteiger partial charge in [0.25, 0.3) is 0 Å². The Morgan fingerprint density at radius 1 is 1.58 bits per heavy atom. The van der Waals surface area contributed by atoms with Gasteiger partial charge in [-0.2, -0.15) is 23.5 Å². The fourth-order valence-corrected chi connectivity index (χ4v) is 3.55. The molecule has 1 fully saturated rings. The second-order valence-corrected chi connectivity index (χ2v) is 5.31. The van der Waals surface area contributed by atoms with E-state index in [4.69, 9.17) is 5.73 Å². The minimum absolute atomic E-state index is 0.703. The van der Waals surface area contributed by atoms with E-state index < -0.39 is 0 Å². The van der Waals surface area contributed by atoms with Gasteiger partial charge in [-0.05, 0) is 0 Å². The molecule has 1 unspecified atom stereocenters. The van der Waals surface area contributed by atoms with E-state index in [0.717, 1.165) is 18.8 Å². The lowest BCUT2D eigenvalue weighted by atomic mass is 10.4. The molecule has 0 aromatic carbocycles. The lowest BCUT2D eigenvalue weighted by molar-refractivity contribution is 0.946. The molecule has 70 valence electrons. The first-order valence-electron chi connectivity index (χ1n) is 4.31. The maximum Gasteiger partial charge on any atom is 0.0934 e. The topological polar surface area (TPSA) is 38.4 Å². The van der Waals surface area contributed by atoms with Gasteiger partial charge in [-0.3, -0.25) is 4.99 Å². The molecule has 0 aromatic heterocycles. The SMILES string of the molecule is CCC(N)=NCC1CSCCS1. The van der Waals surface area contributed by atoms with Gasteiger partial charge in [-0.15, -0.1) is 0 Å². The van der Waals surface area contributed by atoms with Gasteiger partial charge in [-0.25, -0.2) is 0 Å². The predicted octanol–water partition coefficient (Wildman–Crippen LogP) is 1.60. The zero-order valence-electron chi connectivity index (χ0n) is 7.45. The molecule has 1 rings (SSSR count). The number of amidine groups is 1. The standard InChI is InChI=1S/C8H16N2S2/c1-2-8(9)10-5-7-6-11-3-4-12-7/h7H,2-6H2,1H3,(H2,9,10). The number of thioether (sulfide) groups is 2. The van der Waals surface area contributed by atoms with Gasteiger partial charge in [0, 0.05) is 28.9 Å². The van der Waals surface area contributed by atoms with E-state index in [1.165, 1.54) is 17.3 Å². The maximum atomic E-state index is 5.62. The number of nitrogens with two attached hydrogens (primary N) is 1. The molecule has 0 saturated carbocycles. The zero-order chi connectivity index (χ0) is 8.81. The molecule has 2 nitrogen and oxygen atoms in total. The van der Waals surface area contributed by atoms with Gasteiger partial charge in [0.1, 0.15) is 0 Å². The van der Waals surface area contributed by atoms with Crippen molar-refractivity contribution < 1.29 is 0 Å². The van der Waals surface area contributed by atoms with Crippen molar-refractivity contribution in [2.24, 2.45) is 10.7 Å². The molecule has 4 heteroatoms. The van der Waals surface area contributed by atoms with Gasteiger partial charge in [0.2, 0.25) is 0 Å². The third-order valence-electron chi connectivity index (χ3n) is 1.75. The first-order valence-corrected chi connectivity index (χ1v) is 6.51. The van der Waals surface area contributed by atoms with Gasteiger partial charge in [0.05, 0.1) is 12.4 Å². The van der Waals surface area contributed by atoms with Crippen LogP contribution in [-0.4, -0.2) is 34.9 Å². The summed E-state index contributed by atoms with van der Waals surface area (Å²) in [7, 11) is 0. The van der Waals surface area contributed by atoms with Crippen molar-refractivity contribution in [3.8, 4) is 0 Å². The summed E-state index contributed by atoms with van der Waals surface area (Å²) in [4.78, 5) is 4.33. The molecule has 0 bridgehead atoms. The highest BCUT2D eigenvalue weighted by Crippen LogP contribution is 2.23. The van der Waals surface area contributed by atoms with Crippen molar-refractivity contribution in [1.29, 1.82) is 0 Å². The molecular weight excluding hydrogens is 188 g/mol. The molecule has 0 aromatic rings. The molecule has 1 heterocycles. The van der Waals surface area contributed by atoms with Crippen molar-refractivity contribution in [2.75, 3.05) is 23.8 Å². The zero-order valence-corrected chi connectivity index (χ0v) is 9.09. The molecule has 0 spiro atoms. The van der Waals surface area contributed by atoms with Crippen LogP contribution in [0.1, 0.15) is 13.3 Å². The summed E-state index contributed by atoms with van der Waals surface area (Å²) in [6, 6.07) is 0. The molecule has 0 aliphatic carbocycles. The van der Waals surface area contributed by atoms with Crippen LogP contribution in [0, 0.1) is 0 Å². The van der Waals surface area contributed by atoms with Gasteiger partial charge >= 0.3 is 0 Å². The van der Waals surface area contributed by atoms with E-state index in [2.05, 4.69) is 4.99 Å². The van der Waals surface area contributed by atoms with Crippen molar-refractivity contribution in [2.45, 2.75) is 18.6 Å². The Balaban J connectivity index is 2.21. The Labute approximate surface area is 82.8 Å². The molecular formula is C8H16N2S2. The van der Waals surface area contributed by atoms with Crippen molar-refractivity contribution in [1.82, 2.24) is 0 Å². The summed E-state index contributed by atoms with van der Waals surface area (Å²) in [5.41, 5.74) is 5.62. The molecule has 12 heavy (non-hydrogen) atoms. The smallest absolute Gasteiger partial charge is 0.0934 e. The van der Waals surface area contributed by atoms with E-state index in [-0.39, 0.29) is 0 Å². The van der Waals surface area contributed by atoms with Crippen molar-refractivity contribution in [3.05, 3.63) is 0 Å². The van der Waals surface area contributed by atoms with Crippen LogP contribution in [0.3, 0.4) is 0 Å². The fourth-order valence-electron chi connectivity index (χ4n) is 0.973. The first-order chi connectivity index (χ1) is 5.83. The fraction of sp³-hybridized carbons (Fsp3) is 0.875. The normalized spacial score (nSPS) is 25.8. The number of aliphatic imine (C=N–C) groups is 1. The maximum absolute atomic E-state index is 5.62. The monoisotopic (exact) mass is 204 g/mol. The Hall–Kier alpha value is 0.170. The molecule has 0 radical (unpaired) electrons. The molecule has 2 N–H and O–H groups in total. The second-order valence-electron chi connectivity index (χ2n) is 2.75. The highest BCUT2D eigenvalue weighted by Gasteiger charge is 2.13. The van der Waals surface area contributed by atoms with Crippen LogP contribution >= 0.6 is 23.5 Å². The van der Waals surface area contributed by atoms with Gasteiger partial charge < -0.3 is 5.73 Å². The van der Waals surface area contributed by atoms with Crippen LogP contribution in [0.15, 0.2) is 4.99 Å². The highest BCUT2D eigenvalue weighted by molar-refractivity contribution is 8.06. The number of nitrogens with zero attached hydrogens (tertiary/aromatic N) is 1. The van der Waals surface area contributed by atoms with E-state index >= 15 is 0 Å². The quantitative estimate of drug-likeness (QED) is 0.560. The van der Waals surface area contributed by atoms with Crippen LogP contribution in [0.4, 0.5) is 0 Å². The van der Waals surface area contributed by atoms with Gasteiger partial charge in [-0.1, -0.05) is 6.92 Å². The summed E-state index contributed by atoms with van der Waals surface area (Å²) in [6.45, 7) is 2.96. The van der Waals surface area contributed by atoms with Crippen molar-refractivity contribution >= 4 is 29.4 Å². The molecule has 1 saturated heterocycles. The lowest BCUT2D eigenvalue weighted by Gasteiger charge is -2.18. The largest absolute Gasteiger partial charge is 0.387 e. The number of rotatable bonds is 3. The molecule has 1 aliphatic heterocycles. The summed E-state index contributed by atoms with van der Waals surface area (Å²) in [5.74, 6) is 4.61. The van der Waals surface area contributed by atoms with E-state index in [0.29, 0.717) is 5.25 Å². The van der Waals surface area contributed by atoms with Crippen LogP contribution in [0.5, 0.6) is 0 Å². The minimum atomic E-state index is 0.703. The van der Waals surface area contributed by atoms with Crippen molar-refractivity contribution in [3.63, 3.8) is 0 Å². The Morgan fingerprint density at radius 2 is 2.42 bits per heavy atom. The average molecular weight is 204 g/mol. The second kappa shape index (κ2) is 5.75. The third kappa shape index (κ3) is 3.72. The number of hydrogen-bond donors (Lipinski definition) is 1. The Morgan fingerprint density at radius 3 is 3.00 bits per heavy atom. The van der Waals surface area contributed by atoms with E-state index in [9.17, 15) is 0 Å². The number of hydrogen-bond acceptors (Lipinski definition) is 3. The predicted molar refractivity (Wildman–Crippen MR) is 60.4 cm³/mol. The van der Waals surface area contributed by atoms with E-state index in [1.54, 1.807) is 0 Å². The Bertz CT molecular complexity index is 153. The molecule has 1 atom stereocenters. The molecule has 1 aliphatic rings. The first kappa shape index (κ1) is 10.3. The molecule has 0 amide bonds.